The van der Waals surface area contributed by atoms with Crippen LogP contribution in [-0.2, 0) is 4.74 Å². The van der Waals surface area contributed by atoms with Gasteiger partial charge < -0.3 is 20.7 Å². The van der Waals surface area contributed by atoms with Crippen LogP contribution < -0.4 is 21.5 Å². The van der Waals surface area contributed by atoms with Crippen LogP contribution in [0.15, 0.2) is 53.3 Å². The summed E-state index contributed by atoms with van der Waals surface area (Å²) in [5.41, 5.74) is 0.640. The Bertz CT molecular complexity index is 1100. The van der Waals surface area contributed by atoms with Gasteiger partial charge in [0.15, 0.2) is 5.82 Å². The lowest BCUT2D eigenvalue weighted by molar-refractivity contribution is 0.0526. The van der Waals surface area contributed by atoms with E-state index in [4.69, 9.17) is 4.74 Å². The Hall–Kier alpha value is -3.88. The Balaban J connectivity index is 1.45. The third-order valence-corrected chi connectivity index (χ3v) is 4.26. The Kier molecular flexibility index (Phi) is 6.99. The van der Waals surface area contributed by atoms with Crippen LogP contribution in [0.25, 0.3) is 10.8 Å². The number of esters is 1. The summed E-state index contributed by atoms with van der Waals surface area (Å²) in [6, 6.07) is 13.4. The van der Waals surface area contributed by atoms with E-state index >= 15 is 0 Å². The molecule has 1 heterocycles. The minimum Gasteiger partial charge on any atom is -0.462 e. The molecule has 1 aromatic heterocycles. The van der Waals surface area contributed by atoms with E-state index in [0.29, 0.717) is 42.0 Å². The molecule has 9 nitrogen and oxygen atoms in total. The monoisotopic (exact) mass is 409 g/mol. The number of fused-ring (bicyclic) bond motifs is 1. The van der Waals surface area contributed by atoms with Gasteiger partial charge in [-0.15, -0.1) is 0 Å². The number of aromatic amines is 1. The fourth-order valence-electron chi connectivity index (χ4n) is 2.86. The number of amides is 2. The van der Waals surface area contributed by atoms with E-state index in [9.17, 15) is 14.4 Å². The fraction of sp³-hybridized carbons (Fsp3) is 0.238. The maximum absolute atomic E-state index is 12.1. The van der Waals surface area contributed by atoms with Gasteiger partial charge in [0, 0.05) is 24.2 Å². The SMILES string of the molecule is CCOC(=O)c1cccc(NC(=O)NCCCNc2n[nH]c(=O)c3ccccc23)c1. The minimum absolute atomic E-state index is 0.235. The van der Waals surface area contributed by atoms with Crippen molar-refractivity contribution in [2.45, 2.75) is 13.3 Å². The number of nitrogens with one attached hydrogen (secondary N) is 4. The normalized spacial score (nSPS) is 10.4. The van der Waals surface area contributed by atoms with E-state index in [1.165, 1.54) is 0 Å². The number of carbonyl (C=O) groups is 2. The van der Waals surface area contributed by atoms with Crippen LogP contribution in [0, 0.1) is 0 Å². The topological polar surface area (TPSA) is 125 Å². The number of nitrogens with zero attached hydrogens (tertiary/aromatic N) is 1. The number of benzene rings is 2. The standard InChI is InChI=1S/C21H23N5O4/c1-2-30-20(28)14-7-5-8-15(13-14)24-21(29)23-12-6-11-22-18-16-9-3-4-10-17(16)19(27)26-25-18/h3-5,7-10,13H,2,6,11-12H2,1H3,(H,22,25)(H,26,27)(H2,23,24,29). The molecule has 3 aromatic rings. The van der Waals surface area contributed by atoms with Crippen molar-refractivity contribution in [3.63, 3.8) is 0 Å². The second kappa shape index (κ2) is 10.1. The van der Waals surface area contributed by atoms with Crippen molar-refractivity contribution in [1.82, 2.24) is 15.5 Å². The van der Waals surface area contributed by atoms with Crippen LogP contribution in [-0.4, -0.2) is 41.9 Å². The van der Waals surface area contributed by atoms with Gasteiger partial charge in [-0.1, -0.05) is 24.3 Å². The number of hydrogen-bond donors (Lipinski definition) is 4. The summed E-state index contributed by atoms with van der Waals surface area (Å²) < 4.78 is 4.95. The summed E-state index contributed by atoms with van der Waals surface area (Å²) >= 11 is 0. The number of aromatic nitrogens is 2. The average Bonchev–Trinajstić information content (AvgIpc) is 2.75. The third kappa shape index (κ3) is 5.34. The van der Waals surface area contributed by atoms with Crippen LogP contribution in [0.4, 0.5) is 16.3 Å². The predicted molar refractivity (Wildman–Crippen MR) is 115 cm³/mol. The summed E-state index contributed by atoms with van der Waals surface area (Å²) in [6.45, 7) is 3.01. The van der Waals surface area contributed by atoms with Crippen LogP contribution in [0.1, 0.15) is 23.7 Å². The number of urea groups is 1. The molecule has 0 saturated carbocycles. The summed E-state index contributed by atoms with van der Waals surface area (Å²) in [7, 11) is 0. The van der Waals surface area contributed by atoms with Crippen molar-refractivity contribution in [2.75, 3.05) is 30.3 Å². The Morgan fingerprint density at radius 2 is 1.87 bits per heavy atom. The van der Waals surface area contributed by atoms with Gasteiger partial charge in [0.2, 0.25) is 0 Å². The van der Waals surface area contributed by atoms with Crippen LogP contribution in [0.5, 0.6) is 0 Å². The molecule has 0 saturated heterocycles. The highest BCUT2D eigenvalue weighted by Crippen LogP contribution is 2.16. The molecule has 0 atom stereocenters. The van der Waals surface area contributed by atoms with E-state index in [1.54, 1.807) is 43.3 Å². The third-order valence-electron chi connectivity index (χ3n) is 4.26. The number of rotatable bonds is 8. The number of anilines is 2. The number of carbonyl (C=O) groups excluding carboxylic acids is 2. The lowest BCUT2D eigenvalue weighted by atomic mass is 10.2. The molecule has 0 aliphatic heterocycles. The first kappa shape index (κ1) is 20.8. The Morgan fingerprint density at radius 1 is 1.07 bits per heavy atom. The van der Waals surface area contributed by atoms with Crippen molar-refractivity contribution < 1.29 is 14.3 Å². The lowest BCUT2D eigenvalue weighted by Gasteiger charge is -2.10. The molecular formula is C21H23N5O4. The molecule has 0 aliphatic carbocycles. The second-order valence-electron chi connectivity index (χ2n) is 6.41. The molecule has 0 aliphatic rings. The first-order valence-electron chi connectivity index (χ1n) is 9.62. The smallest absolute Gasteiger partial charge is 0.338 e. The zero-order valence-corrected chi connectivity index (χ0v) is 16.5. The highest BCUT2D eigenvalue weighted by Gasteiger charge is 2.08. The van der Waals surface area contributed by atoms with E-state index < -0.39 is 5.97 Å². The predicted octanol–water partition coefficient (Wildman–Crippen LogP) is 2.72. The molecule has 9 heteroatoms. The van der Waals surface area contributed by atoms with Gasteiger partial charge in [0.05, 0.1) is 17.6 Å². The van der Waals surface area contributed by atoms with Gasteiger partial charge in [-0.05, 0) is 37.6 Å². The molecule has 0 spiro atoms. The number of ether oxygens (including phenoxy) is 1. The Morgan fingerprint density at radius 3 is 2.67 bits per heavy atom. The molecule has 0 radical (unpaired) electrons. The zero-order valence-electron chi connectivity index (χ0n) is 16.5. The van der Waals surface area contributed by atoms with Gasteiger partial charge in [-0.3, -0.25) is 4.79 Å². The molecule has 0 fully saturated rings. The van der Waals surface area contributed by atoms with E-state index in [1.807, 2.05) is 12.1 Å². The first-order chi connectivity index (χ1) is 14.6. The maximum atomic E-state index is 12.1. The summed E-state index contributed by atoms with van der Waals surface area (Å²) in [4.78, 5) is 35.6. The molecule has 4 N–H and O–H groups in total. The maximum Gasteiger partial charge on any atom is 0.338 e. The molecule has 0 unspecified atom stereocenters. The molecule has 2 aromatic carbocycles. The number of H-pyrrole nitrogens is 1. The van der Waals surface area contributed by atoms with Crippen LogP contribution >= 0.6 is 0 Å². The second-order valence-corrected chi connectivity index (χ2v) is 6.41. The largest absolute Gasteiger partial charge is 0.462 e. The molecule has 0 bridgehead atoms. The highest BCUT2D eigenvalue weighted by atomic mass is 16.5. The van der Waals surface area contributed by atoms with E-state index in [0.717, 1.165) is 5.39 Å². The van der Waals surface area contributed by atoms with Gasteiger partial charge in [-0.25, -0.2) is 14.7 Å². The lowest BCUT2D eigenvalue weighted by Crippen LogP contribution is -2.30. The first-order valence-corrected chi connectivity index (χ1v) is 9.62. The molecule has 2 amide bonds. The minimum atomic E-state index is -0.434. The van der Waals surface area contributed by atoms with Gasteiger partial charge in [0.1, 0.15) is 0 Å². The molecule has 30 heavy (non-hydrogen) atoms. The van der Waals surface area contributed by atoms with Crippen LogP contribution in [0.3, 0.4) is 0 Å². The van der Waals surface area contributed by atoms with Crippen molar-refractivity contribution in [2.24, 2.45) is 0 Å². The average molecular weight is 409 g/mol. The quantitative estimate of drug-likeness (QED) is 0.335. The Labute approximate surface area is 172 Å². The highest BCUT2D eigenvalue weighted by molar-refractivity contribution is 5.94. The van der Waals surface area contributed by atoms with E-state index in [-0.39, 0.29) is 18.2 Å². The van der Waals surface area contributed by atoms with Crippen LogP contribution in [0.2, 0.25) is 0 Å². The molecule has 156 valence electrons. The van der Waals surface area contributed by atoms with Gasteiger partial charge in [0.25, 0.3) is 5.56 Å². The number of hydrogen-bond acceptors (Lipinski definition) is 6. The van der Waals surface area contributed by atoms with E-state index in [2.05, 4.69) is 26.1 Å². The summed E-state index contributed by atoms with van der Waals surface area (Å²) in [6.07, 6.45) is 0.644. The van der Waals surface area contributed by atoms with Crippen molar-refractivity contribution in [3.05, 3.63) is 64.4 Å². The van der Waals surface area contributed by atoms with Crippen molar-refractivity contribution in [1.29, 1.82) is 0 Å². The fourth-order valence-corrected chi connectivity index (χ4v) is 2.86. The molecular weight excluding hydrogens is 386 g/mol. The molecule has 3 rings (SSSR count). The van der Waals surface area contributed by atoms with Gasteiger partial charge >= 0.3 is 12.0 Å². The van der Waals surface area contributed by atoms with Gasteiger partial charge in [-0.2, -0.15) is 5.10 Å². The van der Waals surface area contributed by atoms with Crippen molar-refractivity contribution >= 4 is 34.3 Å². The zero-order chi connectivity index (χ0) is 21.3. The summed E-state index contributed by atoms with van der Waals surface area (Å²) in [5, 5.41) is 16.4. The van der Waals surface area contributed by atoms with Crippen molar-refractivity contribution in [3.8, 4) is 0 Å². The summed E-state index contributed by atoms with van der Waals surface area (Å²) in [5.74, 6) is 0.154.